The molecule has 0 amide bonds. The van der Waals surface area contributed by atoms with Gasteiger partial charge in [0, 0.05) is 11.1 Å². The lowest BCUT2D eigenvalue weighted by Crippen LogP contribution is -2.31. The second kappa shape index (κ2) is 6.22. The highest BCUT2D eigenvalue weighted by Gasteiger charge is 2.24. The minimum Gasteiger partial charge on any atom is -0.243 e. The van der Waals surface area contributed by atoms with Gasteiger partial charge in [0.25, 0.3) is 0 Å². The summed E-state index contributed by atoms with van der Waals surface area (Å²) in [5.41, 5.74) is 0. The van der Waals surface area contributed by atoms with Gasteiger partial charge in [0.2, 0.25) is 10.0 Å². The molecule has 0 aliphatic rings. The molecule has 0 fully saturated rings. The van der Waals surface area contributed by atoms with Crippen molar-refractivity contribution < 1.29 is 8.42 Å². The van der Waals surface area contributed by atoms with E-state index in [1.54, 1.807) is 0 Å². The van der Waals surface area contributed by atoms with E-state index < -0.39 is 10.0 Å². The lowest BCUT2D eigenvalue weighted by molar-refractivity contribution is 0.469. The van der Waals surface area contributed by atoms with Crippen LogP contribution in [0.25, 0.3) is 0 Å². The number of rotatable bonds is 5. The summed E-state index contributed by atoms with van der Waals surface area (Å²) in [7, 11) is -3.61. The van der Waals surface area contributed by atoms with Crippen molar-refractivity contribution in [2.45, 2.75) is 24.8 Å². The van der Waals surface area contributed by atoms with Gasteiger partial charge in [-0.15, -0.1) is 11.3 Å². The Bertz CT molecular complexity index is 652. The number of hydrogen-bond donors (Lipinski definition) is 1. The predicted octanol–water partition coefficient (Wildman–Crippen LogP) is 3.47. The molecule has 2 rings (SSSR count). The van der Waals surface area contributed by atoms with Gasteiger partial charge in [-0.1, -0.05) is 31.5 Å². The number of halogens is 1. The van der Waals surface area contributed by atoms with Crippen molar-refractivity contribution in [3.8, 4) is 0 Å². The zero-order valence-electron chi connectivity index (χ0n) is 11.1. The monoisotopic (exact) mass is 330 g/mol. The predicted molar refractivity (Wildman–Crippen MR) is 81.5 cm³/mol. The van der Waals surface area contributed by atoms with Crippen LogP contribution in [0.2, 0.25) is 5.15 Å². The lowest BCUT2D eigenvalue weighted by Gasteiger charge is -2.21. The second-order valence-electron chi connectivity index (χ2n) is 4.68. The molecule has 2 aromatic heterocycles. The molecule has 0 spiro atoms. The van der Waals surface area contributed by atoms with Gasteiger partial charge in [-0.05, 0) is 29.5 Å². The Labute approximate surface area is 127 Å². The van der Waals surface area contributed by atoms with Crippen LogP contribution in [-0.4, -0.2) is 13.4 Å². The molecule has 0 bridgehead atoms. The van der Waals surface area contributed by atoms with Crippen molar-refractivity contribution >= 4 is 33.0 Å². The maximum atomic E-state index is 12.4. The molecule has 7 heteroatoms. The average molecular weight is 331 g/mol. The normalized spacial score (nSPS) is 13.6. The van der Waals surface area contributed by atoms with E-state index in [0.717, 1.165) is 4.88 Å². The molecule has 1 N–H and O–H groups in total. The van der Waals surface area contributed by atoms with Gasteiger partial charge in [0.1, 0.15) is 10.0 Å². The first kappa shape index (κ1) is 15.4. The van der Waals surface area contributed by atoms with E-state index in [-0.39, 0.29) is 22.0 Å². The minimum atomic E-state index is -3.61. The van der Waals surface area contributed by atoms with E-state index in [1.807, 2.05) is 31.4 Å². The van der Waals surface area contributed by atoms with Gasteiger partial charge in [0.15, 0.2) is 0 Å². The summed E-state index contributed by atoms with van der Waals surface area (Å²) >= 11 is 7.21. The molecule has 0 radical (unpaired) electrons. The van der Waals surface area contributed by atoms with Crippen LogP contribution in [0.1, 0.15) is 24.8 Å². The molecule has 2 heterocycles. The van der Waals surface area contributed by atoms with Gasteiger partial charge >= 0.3 is 0 Å². The smallest absolute Gasteiger partial charge is 0.242 e. The van der Waals surface area contributed by atoms with Gasteiger partial charge < -0.3 is 0 Å². The van der Waals surface area contributed by atoms with Crippen molar-refractivity contribution in [1.82, 2.24) is 9.71 Å². The topological polar surface area (TPSA) is 59.1 Å². The largest absolute Gasteiger partial charge is 0.243 e. The fraction of sp³-hybridized carbons (Fsp3) is 0.308. The Morgan fingerprint density at radius 3 is 2.55 bits per heavy atom. The quantitative estimate of drug-likeness (QED) is 0.854. The van der Waals surface area contributed by atoms with Crippen LogP contribution in [0.15, 0.2) is 40.7 Å². The third-order valence-corrected chi connectivity index (χ3v) is 5.41. The van der Waals surface area contributed by atoms with E-state index in [9.17, 15) is 8.42 Å². The fourth-order valence-electron chi connectivity index (χ4n) is 1.75. The molecule has 20 heavy (non-hydrogen) atoms. The number of nitrogens with zero attached hydrogens (tertiary/aromatic N) is 1. The van der Waals surface area contributed by atoms with Crippen LogP contribution in [-0.2, 0) is 10.0 Å². The van der Waals surface area contributed by atoms with Crippen LogP contribution >= 0.6 is 22.9 Å². The van der Waals surface area contributed by atoms with E-state index in [2.05, 4.69) is 9.71 Å². The molecule has 0 aromatic carbocycles. The van der Waals surface area contributed by atoms with Crippen LogP contribution in [0, 0.1) is 5.92 Å². The van der Waals surface area contributed by atoms with Gasteiger partial charge in [-0.3, -0.25) is 0 Å². The molecule has 2 aromatic rings. The van der Waals surface area contributed by atoms with E-state index >= 15 is 0 Å². The maximum Gasteiger partial charge on any atom is 0.242 e. The summed E-state index contributed by atoms with van der Waals surface area (Å²) < 4.78 is 27.5. The van der Waals surface area contributed by atoms with E-state index in [1.165, 1.54) is 29.7 Å². The summed E-state index contributed by atoms with van der Waals surface area (Å²) in [6, 6.07) is 6.50. The van der Waals surface area contributed by atoms with Gasteiger partial charge in [0.05, 0.1) is 6.04 Å². The molecular formula is C13H15ClN2O2S2. The Balaban J connectivity index is 2.28. The van der Waals surface area contributed by atoms with Crippen molar-refractivity contribution in [3.63, 3.8) is 0 Å². The standard InChI is InChI=1S/C13H15ClN2O2S2/c1-9(2)13(11-4-3-7-19-11)16-20(17,18)10-5-6-12(14)15-8-10/h3-9,13,16H,1-2H3. The SMILES string of the molecule is CC(C)C(NS(=O)(=O)c1ccc(Cl)nc1)c1cccs1. The van der Waals surface area contributed by atoms with Crippen molar-refractivity contribution in [2.24, 2.45) is 5.92 Å². The number of aromatic nitrogens is 1. The lowest BCUT2D eigenvalue weighted by atomic mass is 10.0. The van der Waals surface area contributed by atoms with E-state index in [4.69, 9.17) is 11.6 Å². The molecule has 0 saturated heterocycles. The number of thiophene rings is 1. The second-order valence-corrected chi connectivity index (χ2v) is 7.76. The molecule has 0 saturated carbocycles. The summed E-state index contributed by atoms with van der Waals surface area (Å²) in [5.74, 6) is 0.142. The first-order valence-corrected chi connectivity index (χ1v) is 8.81. The number of pyridine rings is 1. The Kier molecular flexibility index (Phi) is 4.80. The Hall–Kier alpha value is -0.950. The highest BCUT2D eigenvalue weighted by atomic mass is 35.5. The van der Waals surface area contributed by atoms with Crippen LogP contribution in [0.5, 0.6) is 0 Å². The fourth-order valence-corrected chi connectivity index (χ4v) is 4.19. The molecule has 1 unspecified atom stereocenters. The summed E-state index contributed by atoms with van der Waals surface area (Å²) in [5, 5.41) is 2.20. The third-order valence-electron chi connectivity index (χ3n) is 2.81. The molecular weight excluding hydrogens is 316 g/mol. The van der Waals surface area contributed by atoms with Crippen molar-refractivity contribution in [3.05, 3.63) is 45.9 Å². The molecule has 108 valence electrons. The Morgan fingerprint density at radius 2 is 2.05 bits per heavy atom. The summed E-state index contributed by atoms with van der Waals surface area (Å²) in [4.78, 5) is 4.92. The number of sulfonamides is 1. The summed E-state index contributed by atoms with van der Waals surface area (Å²) in [6.45, 7) is 3.96. The molecule has 1 atom stereocenters. The van der Waals surface area contributed by atoms with Crippen LogP contribution < -0.4 is 4.72 Å². The third kappa shape index (κ3) is 3.58. The van der Waals surface area contributed by atoms with Crippen LogP contribution in [0.4, 0.5) is 0 Å². The maximum absolute atomic E-state index is 12.4. The minimum absolute atomic E-state index is 0.115. The Morgan fingerprint density at radius 1 is 1.30 bits per heavy atom. The first-order chi connectivity index (χ1) is 9.40. The highest BCUT2D eigenvalue weighted by Crippen LogP contribution is 2.27. The summed E-state index contributed by atoms with van der Waals surface area (Å²) in [6.07, 6.45) is 1.26. The number of nitrogens with one attached hydrogen (secondary N) is 1. The zero-order valence-corrected chi connectivity index (χ0v) is 13.5. The number of hydrogen-bond acceptors (Lipinski definition) is 4. The van der Waals surface area contributed by atoms with Crippen molar-refractivity contribution in [2.75, 3.05) is 0 Å². The zero-order chi connectivity index (χ0) is 14.8. The molecule has 0 aliphatic heterocycles. The van der Waals surface area contributed by atoms with Crippen molar-refractivity contribution in [1.29, 1.82) is 0 Å². The molecule has 4 nitrogen and oxygen atoms in total. The highest BCUT2D eigenvalue weighted by molar-refractivity contribution is 7.89. The molecule has 0 aliphatic carbocycles. The van der Waals surface area contributed by atoms with Gasteiger partial charge in [-0.2, -0.15) is 0 Å². The first-order valence-electron chi connectivity index (χ1n) is 6.07. The average Bonchev–Trinajstić information content (AvgIpc) is 2.90. The van der Waals surface area contributed by atoms with Gasteiger partial charge in [-0.25, -0.2) is 18.1 Å². The van der Waals surface area contributed by atoms with Crippen LogP contribution in [0.3, 0.4) is 0 Å². The van der Waals surface area contributed by atoms with E-state index in [0.29, 0.717) is 0 Å².